The number of hydrogen-bond acceptors (Lipinski definition) is 4. The smallest absolute Gasteiger partial charge is 0.246 e. The minimum atomic E-state index is 0.0269. The van der Waals surface area contributed by atoms with E-state index >= 15 is 0 Å². The molecule has 2 atom stereocenters. The molecular formula is C17H24N2O2S. The van der Waals surface area contributed by atoms with Crippen molar-refractivity contribution in [1.82, 2.24) is 9.88 Å². The predicted molar refractivity (Wildman–Crippen MR) is 87.7 cm³/mol. The van der Waals surface area contributed by atoms with Crippen LogP contribution in [0.5, 0.6) is 0 Å². The van der Waals surface area contributed by atoms with Gasteiger partial charge in [0.1, 0.15) is 0 Å². The summed E-state index contributed by atoms with van der Waals surface area (Å²) in [5.74, 6) is 0.0269. The molecule has 1 amide bonds. The number of aryl methyl sites for hydroxylation is 1. The van der Waals surface area contributed by atoms with Gasteiger partial charge in [-0.15, -0.1) is 11.3 Å². The zero-order valence-electron chi connectivity index (χ0n) is 13.4. The van der Waals surface area contributed by atoms with Crippen LogP contribution in [0.3, 0.4) is 0 Å². The van der Waals surface area contributed by atoms with Crippen molar-refractivity contribution < 1.29 is 9.53 Å². The number of carbonyl (C=O) groups is 1. The summed E-state index contributed by atoms with van der Waals surface area (Å²) >= 11 is 1.62. The van der Waals surface area contributed by atoms with Crippen LogP contribution in [0, 0.1) is 12.3 Å². The lowest BCUT2D eigenvalue weighted by atomic mass is 9.50. The Hall–Kier alpha value is -1.20. The number of rotatable bonds is 6. The van der Waals surface area contributed by atoms with Crippen molar-refractivity contribution in [3.63, 3.8) is 0 Å². The van der Waals surface area contributed by atoms with Gasteiger partial charge in [-0.3, -0.25) is 4.79 Å². The topological polar surface area (TPSA) is 42.4 Å². The molecule has 1 aromatic heterocycles. The van der Waals surface area contributed by atoms with Crippen molar-refractivity contribution in [3.05, 3.63) is 28.7 Å². The van der Waals surface area contributed by atoms with E-state index in [4.69, 9.17) is 4.74 Å². The second-order valence-electron chi connectivity index (χ2n) is 6.31. The Labute approximate surface area is 136 Å². The van der Waals surface area contributed by atoms with Crippen LogP contribution in [0.4, 0.5) is 0 Å². The van der Waals surface area contributed by atoms with Gasteiger partial charge >= 0.3 is 0 Å². The molecule has 1 heterocycles. The fourth-order valence-electron chi connectivity index (χ4n) is 3.93. The molecule has 3 rings (SSSR count). The molecule has 0 N–H and O–H groups in total. The van der Waals surface area contributed by atoms with E-state index in [2.05, 4.69) is 11.6 Å². The molecule has 1 spiro atoms. The highest BCUT2D eigenvalue weighted by Crippen LogP contribution is 2.59. The van der Waals surface area contributed by atoms with Gasteiger partial charge in [-0.1, -0.05) is 13.0 Å². The zero-order valence-corrected chi connectivity index (χ0v) is 14.2. The molecule has 2 unspecified atom stereocenters. The van der Waals surface area contributed by atoms with Crippen molar-refractivity contribution >= 4 is 17.2 Å². The van der Waals surface area contributed by atoms with Gasteiger partial charge in [0.25, 0.3) is 0 Å². The van der Waals surface area contributed by atoms with E-state index in [1.54, 1.807) is 11.3 Å². The normalized spacial score (nSPS) is 25.4. The molecule has 4 nitrogen and oxygen atoms in total. The third-order valence-corrected chi connectivity index (χ3v) is 6.31. The third kappa shape index (κ3) is 2.40. The first-order valence-electron chi connectivity index (χ1n) is 8.06. The summed E-state index contributed by atoms with van der Waals surface area (Å²) in [6, 6.07) is 0.282. The number of hydrogen-bond donors (Lipinski definition) is 0. The van der Waals surface area contributed by atoms with Crippen LogP contribution in [-0.2, 0) is 16.1 Å². The van der Waals surface area contributed by atoms with Crippen LogP contribution >= 0.6 is 11.3 Å². The maximum atomic E-state index is 12.4. The van der Waals surface area contributed by atoms with Crippen molar-refractivity contribution in [2.24, 2.45) is 5.41 Å². The minimum absolute atomic E-state index is 0.0269. The Balaban J connectivity index is 1.80. The predicted octanol–water partition coefficient (Wildman–Crippen LogP) is 3.31. The van der Waals surface area contributed by atoms with Crippen molar-refractivity contribution in [2.75, 3.05) is 6.61 Å². The SMILES string of the molecule is C=CC(=O)N(Cc1scnc1C)C1CC(OCC)C12CCC2. The summed E-state index contributed by atoms with van der Waals surface area (Å²) in [4.78, 5) is 19.9. The molecule has 120 valence electrons. The van der Waals surface area contributed by atoms with Gasteiger partial charge in [-0.25, -0.2) is 4.98 Å². The fourth-order valence-corrected chi connectivity index (χ4v) is 4.71. The van der Waals surface area contributed by atoms with Gasteiger partial charge in [0, 0.05) is 22.9 Å². The molecule has 5 heteroatoms. The average molecular weight is 320 g/mol. The number of nitrogens with zero attached hydrogens (tertiary/aromatic N) is 2. The molecule has 0 saturated heterocycles. The van der Waals surface area contributed by atoms with Crippen LogP contribution in [0.15, 0.2) is 18.2 Å². The summed E-state index contributed by atoms with van der Waals surface area (Å²) in [6.07, 6.45) is 6.30. The Morgan fingerprint density at radius 1 is 1.64 bits per heavy atom. The van der Waals surface area contributed by atoms with E-state index in [0.29, 0.717) is 12.6 Å². The summed E-state index contributed by atoms with van der Waals surface area (Å²) in [5.41, 5.74) is 3.06. The molecule has 0 radical (unpaired) electrons. The van der Waals surface area contributed by atoms with Crippen LogP contribution in [-0.4, -0.2) is 34.5 Å². The largest absolute Gasteiger partial charge is 0.378 e. The highest BCUT2D eigenvalue weighted by molar-refractivity contribution is 7.09. The number of thiazole rings is 1. The van der Waals surface area contributed by atoms with Crippen LogP contribution in [0.2, 0.25) is 0 Å². The number of ether oxygens (including phenoxy) is 1. The summed E-state index contributed by atoms with van der Waals surface area (Å²) in [5, 5.41) is 0. The molecule has 0 aliphatic heterocycles. The standard InChI is InChI=1S/C17H24N2O2S/c1-4-16(20)19(10-13-12(3)18-11-22-13)14-9-15(21-5-2)17(14)7-6-8-17/h4,11,14-15H,1,5-10H2,2-3H3. The van der Waals surface area contributed by atoms with Crippen molar-refractivity contribution in [3.8, 4) is 0 Å². The minimum Gasteiger partial charge on any atom is -0.378 e. The van der Waals surface area contributed by atoms with E-state index in [0.717, 1.165) is 18.7 Å². The van der Waals surface area contributed by atoms with Gasteiger partial charge < -0.3 is 9.64 Å². The lowest BCUT2D eigenvalue weighted by Gasteiger charge is -2.63. The Bertz CT molecular complexity index is 565. The summed E-state index contributed by atoms with van der Waals surface area (Å²) in [6.45, 7) is 9.14. The maximum Gasteiger partial charge on any atom is 0.246 e. The quantitative estimate of drug-likeness (QED) is 0.755. The van der Waals surface area contributed by atoms with Crippen LogP contribution in [0.1, 0.15) is 43.2 Å². The van der Waals surface area contributed by atoms with Gasteiger partial charge in [-0.05, 0) is 39.2 Å². The van der Waals surface area contributed by atoms with E-state index in [-0.39, 0.29) is 17.4 Å². The summed E-state index contributed by atoms with van der Waals surface area (Å²) in [7, 11) is 0. The van der Waals surface area contributed by atoms with E-state index in [1.165, 1.54) is 30.2 Å². The van der Waals surface area contributed by atoms with E-state index < -0.39 is 0 Å². The molecular weight excluding hydrogens is 296 g/mol. The van der Waals surface area contributed by atoms with E-state index in [1.807, 2.05) is 24.3 Å². The first-order chi connectivity index (χ1) is 10.6. The molecule has 2 fully saturated rings. The third-order valence-electron chi connectivity index (χ3n) is 5.39. The van der Waals surface area contributed by atoms with Crippen LogP contribution < -0.4 is 0 Å². The second kappa shape index (κ2) is 6.13. The summed E-state index contributed by atoms with van der Waals surface area (Å²) < 4.78 is 5.91. The van der Waals surface area contributed by atoms with Crippen LogP contribution in [0.25, 0.3) is 0 Å². The Morgan fingerprint density at radius 3 is 2.91 bits per heavy atom. The fraction of sp³-hybridized carbons (Fsp3) is 0.647. The molecule has 0 aromatic carbocycles. The number of amides is 1. The number of aromatic nitrogens is 1. The van der Waals surface area contributed by atoms with Gasteiger partial charge in [0.15, 0.2) is 0 Å². The molecule has 1 aromatic rings. The van der Waals surface area contributed by atoms with Gasteiger partial charge in [-0.2, -0.15) is 0 Å². The molecule has 22 heavy (non-hydrogen) atoms. The zero-order chi connectivity index (χ0) is 15.7. The van der Waals surface area contributed by atoms with Gasteiger partial charge in [0.2, 0.25) is 5.91 Å². The Kier molecular flexibility index (Phi) is 4.37. The molecule has 2 saturated carbocycles. The average Bonchev–Trinajstić information content (AvgIpc) is 2.84. The first kappa shape index (κ1) is 15.7. The highest BCUT2D eigenvalue weighted by Gasteiger charge is 2.61. The maximum absolute atomic E-state index is 12.4. The highest BCUT2D eigenvalue weighted by atomic mass is 32.1. The molecule has 2 aliphatic rings. The number of carbonyl (C=O) groups excluding carboxylic acids is 1. The second-order valence-corrected chi connectivity index (χ2v) is 7.25. The van der Waals surface area contributed by atoms with Crippen molar-refractivity contribution in [2.45, 2.75) is 58.2 Å². The first-order valence-corrected chi connectivity index (χ1v) is 8.94. The Morgan fingerprint density at radius 2 is 2.41 bits per heavy atom. The van der Waals surface area contributed by atoms with Gasteiger partial charge in [0.05, 0.1) is 23.9 Å². The lowest BCUT2D eigenvalue weighted by Crippen LogP contribution is -2.68. The molecule has 2 aliphatic carbocycles. The monoisotopic (exact) mass is 320 g/mol. The van der Waals surface area contributed by atoms with Crippen molar-refractivity contribution in [1.29, 1.82) is 0 Å². The lowest BCUT2D eigenvalue weighted by molar-refractivity contribution is -0.205. The molecule has 0 bridgehead atoms. The van der Waals surface area contributed by atoms with E-state index in [9.17, 15) is 4.79 Å².